The summed E-state index contributed by atoms with van der Waals surface area (Å²) >= 11 is 0. The fourth-order valence-corrected chi connectivity index (χ4v) is 3.22. The second-order valence-corrected chi connectivity index (χ2v) is 7.04. The van der Waals surface area contributed by atoms with Crippen molar-refractivity contribution in [3.05, 3.63) is 70.9 Å². The number of aryl methyl sites for hydroxylation is 2. The number of aromatic nitrogens is 1. The minimum absolute atomic E-state index is 0.274. The molecule has 0 radical (unpaired) electrons. The van der Waals surface area contributed by atoms with Gasteiger partial charge in [0, 0.05) is 23.0 Å². The van der Waals surface area contributed by atoms with Crippen LogP contribution in [0.25, 0.3) is 10.9 Å². The molecule has 0 aliphatic heterocycles. The number of aromatic amines is 1. The summed E-state index contributed by atoms with van der Waals surface area (Å²) in [5.74, 6) is -1.75. The number of fused-ring (bicyclic) bond motifs is 1. The van der Waals surface area contributed by atoms with E-state index >= 15 is 0 Å². The van der Waals surface area contributed by atoms with Crippen LogP contribution in [0.4, 0.5) is 0 Å². The first-order valence-electron chi connectivity index (χ1n) is 9.56. The molecule has 3 rings (SSSR count). The average Bonchev–Trinajstić information content (AvgIpc) is 3.04. The van der Waals surface area contributed by atoms with Crippen molar-refractivity contribution in [2.75, 3.05) is 13.7 Å². The van der Waals surface area contributed by atoms with Gasteiger partial charge in [-0.1, -0.05) is 30.3 Å². The van der Waals surface area contributed by atoms with Gasteiger partial charge in [-0.3, -0.25) is 4.79 Å². The van der Waals surface area contributed by atoms with Crippen molar-refractivity contribution in [1.82, 2.24) is 10.3 Å². The van der Waals surface area contributed by atoms with Crippen LogP contribution >= 0.6 is 0 Å². The highest BCUT2D eigenvalue weighted by Gasteiger charge is 2.22. The number of amides is 1. The number of ether oxygens (including phenoxy) is 2. The first kappa shape index (κ1) is 21.1. The molecule has 2 aromatic carbocycles. The minimum atomic E-state index is -0.870. The van der Waals surface area contributed by atoms with E-state index in [4.69, 9.17) is 9.47 Å². The molecule has 0 fully saturated rings. The lowest BCUT2D eigenvalue weighted by atomic mass is 10.1. The zero-order valence-electron chi connectivity index (χ0n) is 17.2. The number of H-pyrrole nitrogens is 1. The third-order valence-corrected chi connectivity index (χ3v) is 4.98. The Bertz CT molecular complexity index is 1070. The summed E-state index contributed by atoms with van der Waals surface area (Å²) in [5, 5.41) is 3.50. The lowest BCUT2D eigenvalue weighted by Crippen LogP contribution is -2.44. The van der Waals surface area contributed by atoms with Crippen LogP contribution in [-0.4, -0.2) is 42.6 Å². The SMILES string of the molecule is COC(=O)[C@@H](Cc1ccccc1)NC(=O)COC(=O)c1ccc2[nH]c(C)c(C)c2c1. The predicted molar refractivity (Wildman–Crippen MR) is 112 cm³/mol. The number of nitrogens with one attached hydrogen (secondary N) is 2. The van der Waals surface area contributed by atoms with Crippen LogP contribution < -0.4 is 5.32 Å². The Labute approximate surface area is 174 Å². The van der Waals surface area contributed by atoms with Crippen molar-refractivity contribution in [2.45, 2.75) is 26.3 Å². The Hall–Kier alpha value is -3.61. The van der Waals surface area contributed by atoms with Gasteiger partial charge in [0.05, 0.1) is 12.7 Å². The summed E-state index contributed by atoms with van der Waals surface area (Å²) in [5.41, 5.74) is 4.24. The molecule has 1 amide bonds. The smallest absolute Gasteiger partial charge is 0.338 e. The first-order valence-corrected chi connectivity index (χ1v) is 9.56. The molecule has 156 valence electrons. The summed E-state index contributed by atoms with van der Waals surface area (Å²) in [6, 6.07) is 13.6. The third-order valence-electron chi connectivity index (χ3n) is 4.98. The lowest BCUT2D eigenvalue weighted by Gasteiger charge is -2.16. The van der Waals surface area contributed by atoms with E-state index in [0.717, 1.165) is 27.7 Å². The molecular weight excluding hydrogens is 384 g/mol. The molecule has 0 bridgehead atoms. The Morgan fingerprint density at radius 1 is 1.07 bits per heavy atom. The normalized spacial score (nSPS) is 11.7. The van der Waals surface area contributed by atoms with Gasteiger partial charge in [0.15, 0.2) is 6.61 Å². The molecule has 0 saturated heterocycles. The van der Waals surface area contributed by atoms with Gasteiger partial charge in [0.1, 0.15) is 6.04 Å². The molecule has 7 nitrogen and oxygen atoms in total. The summed E-state index contributed by atoms with van der Waals surface area (Å²) in [4.78, 5) is 39.9. The number of carbonyl (C=O) groups excluding carboxylic acids is 3. The van der Waals surface area contributed by atoms with Crippen molar-refractivity contribution in [2.24, 2.45) is 0 Å². The molecule has 0 spiro atoms. The first-order chi connectivity index (χ1) is 14.4. The van der Waals surface area contributed by atoms with E-state index < -0.39 is 30.5 Å². The topological polar surface area (TPSA) is 97.5 Å². The summed E-state index contributed by atoms with van der Waals surface area (Å²) in [6.45, 7) is 3.44. The number of hydrogen-bond acceptors (Lipinski definition) is 5. The van der Waals surface area contributed by atoms with Crippen LogP contribution in [0.15, 0.2) is 48.5 Å². The molecular formula is C23H24N2O5. The van der Waals surface area contributed by atoms with Crippen LogP contribution in [0.3, 0.4) is 0 Å². The number of hydrogen-bond donors (Lipinski definition) is 2. The Balaban J connectivity index is 1.61. The quantitative estimate of drug-likeness (QED) is 0.586. The molecule has 1 atom stereocenters. The molecule has 7 heteroatoms. The molecule has 1 aromatic heterocycles. The van der Waals surface area contributed by atoms with E-state index in [-0.39, 0.29) is 6.42 Å². The van der Waals surface area contributed by atoms with Crippen LogP contribution in [0.1, 0.15) is 27.2 Å². The number of benzene rings is 2. The van der Waals surface area contributed by atoms with Gasteiger partial charge in [-0.2, -0.15) is 0 Å². The van der Waals surface area contributed by atoms with Gasteiger partial charge >= 0.3 is 11.9 Å². The van der Waals surface area contributed by atoms with E-state index in [1.807, 2.05) is 44.2 Å². The molecule has 0 aliphatic rings. The number of esters is 2. The second-order valence-electron chi connectivity index (χ2n) is 7.04. The van der Waals surface area contributed by atoms with Crippen LogP contribution in [0.2, 0.25) is 0 Å². The zero-order valence-corrected chi connectivity index (χ0v) is 17.2. The fourth-order valence-electron chi connectivity index (χ4n) is 3.22. The van der Waals surface area contributed by atoms with Crippen molar-refractivity contribution in [3.8, 4) is 0 Å². The predicted octanol–water partition coefficient (Wildman–Crippen LogP) is 2.84. The van der Waals surface area contributed by atoms with Gasteiger partial charge in [-0.25, -0.2) is 9.59 Å². The van der Waals surface area contributed by atoms with Gasteiger partial charge in [0.2, 0.25) is 0 Å². The maximum Gasteiger partial charge on any atom is 0.338 e. The summed E-state index contributed by atoms with van der Waals surface area (Å²) in [6.07, 6.45) is 0.274. The number of rotatable bonds is 7. The Morgan fingerprint density at radius 3 is 2.50 bits per heavy atom. The van der Waals surface area contributed by atoms with Crippen LogP contribution in [-0.2, 0) is 25.5 Å². The molecule has 1 heterocycles. The largest absolute Gasteiger partial charge is 0.467 e. The highest BCUT2D eigenvalue weighted by molar-refractivity contribution is 5.97. The van der Waals surface area contributed by atoms with Crippen molar-refractivity contribution >= 4 is 28.7 Å². The molecule has 30 heavy (non-hydrogen) atoms. The van der Waals surface area contributed by atoms with Gasteiger partial charge < -0.3 is 19.8 Å². The van der Waals surface area contributed by atoms with E-state index in [9.17, 15) is 14.4 Å². The average molecular weight is 408 g/mol. The van der Waals surface area contributed by atoms with E-state index in [1.165, 1.54) is 7.11 Å². The third kappa shape index (κ3) is 4.86. The Morgan fingerprint density at radius 2 is 1.80 bits per heavy atom. The fraction of sp³-hybridized carbons (Fsp3) is 0.261. The van der Waals surface area contributed by atoms with Gasteiger partial charge in [0.25, 0.3) is 5.91 Å². The van der Waals surface area contributed by atoms with Crippen LogP contribution in [0, 0.1) is 13.8 Å². The monoisotopic (exact) mass is 408 g/mol. The van der Waals surface area contributed by atoms with Crippen molar-refractivity contribution < 1.29 is 23.9 Å². The zero-order chi connectivity index (χ0) is 21.7. The number of carbonyl (C=O) groups is 3. The molecule has 0 saturated carbocycles. The lowest BCUT2D eigenvalue weighted by molar-refractivity contribution is -0.145. The minimum Gasteiger partial charge on any atom is -0.467 e. The highest BCUT2D eigenvalue weighted by atomic mass is 16.5. The highest BCUT2D eigenvalue weighted by Crippen LogP contribution is 2.22. The maximum absolute atomic E-state index is 12.4. The Kier molecular flexibility index (Phi) is 6.51. The van der Waals surface area contributed by atoms with Gasteiger partial charge in [-0.15, -0.1) is 0 Å². The summed E-state index contributed by atoms with van der Waals surface area (Å²) in [7, 11) is 1.26. The second kappa shape index (κ2) is 9.26. The van der Waals surface area contributed by atoms with Crippen molar-refractivity contribution in [3.63, 3.8) is 0 Å². The van der Waals surface area contributed by atoms with E-state index in [1.54, 1.807) is 18.2 Å². The van der Waals surface area contributed by atoms with E-state index in [0.29, 0.717) is 5.56 Å². The number of methoxy groups -OCH3 is 1. The van der Waals surface area contributed by atoms with E-state index in [2.05, 4.69) is 10.3 Å². The maximum atomic E-state index is 12.4. The van der Waals surface area contributed by atoms with Crippen LogP contribution in [0.5, 0.6) is 0 Å². The molecule has 0 unspecified atom stereocenters. The molecule has 2 N–H and O–H groups in total. The molecule has 0 aliphatic carbocycles. The van der Waals surface area contributed by atoms with Crippen molar-refractivity contribution in [1.29, 1.82) is 0 Å². The summed E-state index contributed by atoms with van der Waals surface area (Å²) < 4.78 is 9.91. The molecule has 3 aromatic rings. The standard InChI is InChI=1S/C23H24N2O5/c1-14-15(2)24-19-10-9-17(12-18(14)19)22(27)30-13-21(26)25-20(23(28)29-3)11-16-7-5-4-6-8-16/h4-10,12,20,24H,11,13H2,1-3H3,(H,25,26)/t20-/m1/s1. The van der Waals surface area contributed by atoms with Gasteiger partial charge in [-0.05, 0) is 43.2 Å².